The maximum atomic E-state index is 12.8. The van der Waals surface area contributed by atoms with Gasteiger partial charge < -0.3 is 4.90 Å². The predicted molar refractivity (Wildman–Crippen MR) is 73.0 cm³/mol. The first kappa shape index (κ1) is 14.2. The first-order valence-corrected chi connectivity index (χ1v) is 7.09. The molecule has 1 aromatic carbocycles. The topological polar surface area (TPSA) is 30.3 Å². The van der Waals surface area contributed by atoms with Crippen molar-refractivity contribution in [2.45, 2.75) is 25.1 Å². The standard InChI is InChI=1S/C15H16F3N3/c16-15(17,18)14-4-3-13(9-11(14)10-19)21-7-5-20(6-8-21)12-1-2-12/h3-4,9,12H,1-2,5-8H2. The molecule has 2 fully saturated rings. The molecule has 0 radical (unpaired) electrons. The Kier molecular flexibility index (Phi) is 3.54. The molecule has 1 aliphatic carbocycles. The Morgan fingerprint density at radius 2 is 1.76 bits per heavy atom. The SMILES string of the molecule is N#Cc1cc(N2CCN(C3CC3)CC2)ccc1C(F)(F)F. The zero-order valence-electron chi connectivity index (χ0n) is 11.5. The second-order valence-electron chi connectivity index (χ2n) is 5.59. The van der Waals surface area contributed by atoms with Crippen molar-refractivity contribution in [3.63, 3.8) is 0 Å². The van der Waals surface area contributed by atoms with Crippen molar-refractivity contribution in [2.24, 2.45) is 0 Å². The van der Waals surface area contributed by atoms with E-state index in [0.717, 1.165) is 38.3 Å². The van der Waals surface area contributed by atoms with Gasteiger partial charge >= 0.3 is 6.18 Å². The first-order valence-electron chi connectivity index (χ1n) is 7.09. The molecule has 21 heavy (non-hydrogen) atoms. The highest BCUT2D eigenvalue weighted by molar-refractivity contribution is 5.55. The molecule has 3 nitrogen and oxygen atoms in total. The molecular weight excluding hydrogens is 279 g/mol. The molecular formula is C15H16F3N3. The summed E-state index contributed by atoms with van der Waals surface area (Å²) in [6.07, 6.45) is -1.95. The minimum atomic E-state index is -4.48. The summed E-state index contributed by atoms with van der Waals surface area (Å²) in [5.74, 6) is 0. The normalized spacial score (nSPS) is 20.4. The van der Waals surface area contributed by atoms with Crippen molar-refractivity contribution in [1.29, 1.82) is 5.26 Å². The van der Waals surface area contributed by atoms with Crippen molar-refractivity contribution < 1.29 is 13.2 Å². The smallest absolute Gasteiger partial charge is 0.369 e. The molecule has 0 N–H and O–H groups in total. The summed E-state index contributed by atoms with van der Waals surface area (Å²) in [5, 5.41) is 8.95. The molecule has 2 aliphatic rings. The van der Waals surface area contributed by atoms with Crippen LogP contribution in [0.4, 0.5) is 18.9 Å². The number of rotatable bonds is 2. The van der Waals surface area contributed by atoms with Gasteiger partial charge in [-0.1, -0.05) is 0 Å². The Balaban J connectivity index is 1.76. The highest BCUT2D eigenvalue weighted by Crippen LogP contribution is 2.34. The van der Waals surface area contributed by atoms with E-state index in [1.54, 1.807) is 6.07 Å². The first-order chi connectivity index (χ1) is 9.99. The zero-order valence-corrected chi connectivity index (χ0v) is 11.5. The van der Waals surface area contributed by atoms with E-state index in [1.807, 2.05) is 0 Å². The molecule has 1 aromatic rings. The highest BCUT2D eigenvalue weighted by Gasteiger charge is 2.34. The zero-order chi connectivity index (χ0) is 15.0. The summed E-state index contributed by atoms with van der Waals surface area (Å²) < 4.78 is 38.4. The molecule has 0 spiro atoms. The molecule has 6 heteroatoms. The number of halogens is 3. The molecule has 1 saturated heterocycles. The fourth-order valence-electron chi connectivity index (χ4n) is 2.85. The second-order valence-corrected chi connectivity index (χ2v) is 5.59. The fraction of sp³-hybridized carbons (Fsp3) is 0.533. The summed E-state index contributed by atoms with van der Waals surface area (Å²) in [4.78, 5) is 4.49. The summed E-state index contributed by atoms with van der Waals surface area (Å²) in [5.41, 5.74) is -0.454. The lowest BCUT2D eigenvalue weighted by Crippen LogP contribution is -2.47. The van der Waals surface area contributed by atoms with Crippen molar-refractivity contribution in [3.8, 4) is 6.07 Å². The largest absolute Gasteiger partial charge is 0.417 e. The van der Waals surface area contributed by atoms with Crippen LogP contribution in [-0.4, -0.2) is 37.1 Å². The van der Waals surface area contributed by atoms with Gasteiger partial charge in [-0.25, -0.2) is 0 Å². The van der Waals surface area contributed by atoms with Gasteiger partial charge in [0.05, 0.1) is 17.2 Å². The van der Waals surface area contributed by atoms with Crippen LogP contribution in [0.25, 0.3) is 0 Å². The van der Waals surface area contributed by atoms with E-state index >= 15 is 0 Å². The van der Waals surface area contributed by atoms with E-state index in [4.69, 9.17) is 5.26 Å². The van der Waals surface area contributed by atoms with Crippen molar-refractivity contribution >= 4 is 5.69 Å². The van der Waals surface area contributed by atoms with Crippen molar-refractivity contribution in [3.05, 3.63) is 29.3 Å². The summed E-state index contributed by atoms with van der Waals surface area (Å²) in [7, 11) is 0. The van der Waals surface area contributed by atoms with Crippen LogP contribution >= 0.6 is 0 Å². The maximum absolute atomic E-state index is 12.8. The van der Waals surface area contributed by atoms with E-state index in [2.05, 4.69) is 9.80 Å². The van der Waals surface area contributed by atoms with Gasteiger partial charge in [-0.2, -0.15) is 18.4 Å². The molecule has 3 rings (SSSR count). The van der Waals surface area contributed by atoms with Gasteiger partial charge in [-0.05, 0) is 31.0 Å². The molecule has 0 aromatic heterocycles. The molecule has 0 amide bonds. The fourth-order valence-corrected chi connectivity index (χ4v) is 2.85. The van der Waals surface area contributed by atoms with Crippen LogP contribution in [0, 0.1) is 11.3 Å². The number of hydrogen-bond donors (Lipinski definition) is 0. The van der Waals surface area contributed by atoms with E-state index in [-0.39, 0.29) is 5.56 Å². The molecule has 0 atom stereocenters. The van der Waals surface area contributed by atoms with Crippen LogP contribution in [0.15, 0.2) is 18.2 Å². The lowest BCUT2D eigenvalue weighted by atomic mass is 10.1. The van der Waals surface area contributed by atoms with Crippen LogP contribution in [-0.2, 0) is 6.18 Å². The van der Waals surface area contributed by atoms with Gasteiger partial charge in [-0.15, -0.1) is 0 Å². The Hall–Kier alpha value is -1.74. The molecule has 0 unspecified atom stereocenters. The van der Waals surface area contributed by atoms with Gasteiger partial charge in [-0.3, -0.25) is 4.90 Å². The number of benzene rings is 1. The molecule has 112 valence electrons. The van der Waals surface area contributed by atoms with Crippen LogP contribution in [0.2, 0.25) is 0 Å². The third-order valence-electron chi connectivity index (χ3n) is 4.17. The number of anilines is 1. The van der Waals surface area contributed by atoms with Crippen LogP contribution in [0.1, 0.15) is 24.0 Å². The summed E-state index contributed by atoms with van der Waals surface area (Å²) in [6, 6.07) is 6.22. The van der Waals surface area contributed by atoms with Gasteiger partial charge in [0.25, 0.3) is 0 Å². The number of hydrogen-bond acceptors (Lipinski definition) is 3. The Morgan fingerprint density at radius 3 is 2.29 bits per heavy atom. The lowest BCUT2D eigenvalue weighted by molar-refractivity contribution is -0.137. The maximum Gasteiger partial charge on any atom is 0.417 e. The monoisotopic (exact) mass is 295 g/mol. The molecule has 1 saturated carbocycles. The average molecular weight is 295 g/mol. The van der Waals surface area contributed by atoms with Gasteiger partial charge in [0.2, 0.25) is 0 Å². The van der Waals surface area contributed by atoms with E-state index < -0.39 is 11.7 Å². The van der Waals surface area contributed by atoms with Gasteiger partial charge in [0, 0.05) is 37.9 Å². The summed E-state index contributed by atoms with van der Waals surface area (Å²) in [6.45, 7) is 3.47. The summed E-state index contributed by atoms with van der Waals surface area (Å²) >= 11 is 0. The minimum absolute atomic E-state index is 0.301. The third kappa shape index (κ3) is 2.98. The molecule has 1 aliphatic heterocycles. The van der Waals surface area contributed by atoms with Crippen LogP contribution < -0.4 is 4.90 Å². The molecule has 0 bridgehead atoms. The van der Waals surface area contributed by atoms with E-state index in [0.29, 0.717) is 5.69 Å². The predicted octanol–water partition coefficient (Wildman–Crippen LogP) is 2.86. The number of nitriles is 1. The van der Waals surface area contributed by atoms with Crippen molar-refractivity contribution in [1.82, 2.24) is 4.90 Å². The van der Waals surface area contributed by atoms with Gasteiger partial charge in [0.15, 0.2) is 0 Å². The quantitative estimate of drug-likeness (QED) is 0.840. The minimum Gasteiger partial charge on any atom is -0.369 e. The van der Waals surface area contributed by atoms with Crippen molar-refractivity contribution in [2.75, 3.05) is 31.1 Å². The van der Waals surface area contributed by atoms with E-state index in [9.17, 15) is 13.2 Å². The second kappa shape index (κ2) is 5.23. The van der Waals surface area contributed by atoms with Crippen LogP contribution in [0.5, 0.6) is 0 Å². The highest BCUT2D eigenvalue weighted by atomic mass is 19.4. The van der Waals surface area contributed by atoms with Crippen LogP contribution in [0.3, 0.4) is 0 Å². The van der Waals surface area contributed by atoms with Gasteiger partial charge in [0.1, 0.15) is 0 Å². The Bertz CT molecular complexity index is 565. The molecule has 1 heterocycles. The third-order valence-corrected chi connectivity index (χ3v) is 4.17. The Labute approximate surface area is 121 Å². The lowest BCUT2D eigenvalue weighted by Gasteiger charge is -2.36. The number of nitrogens with zero attached hydrogens (tertiary/aromatic N) is 3. The Morgan fingerprint density at radius 1 is 1.10 bits per heavy atom. The number of piperazine rings is 1. The average Bonchev–Trinajstić information content (AvgIpc) is 3.30. The van der Waals surface area contributed by atoms with E-state index in [1.165, 1.54) is 25.0 Å². The number of alkyl halides is 3.